The molecule has 0 rings (SSSR count). The first-order valence-electron chi connectivity index (χ1n) is 3.82. The molecule has 0 aliphatic heterocycles. The van der Waals surface area contributed by atoms with Gasteiger partial charge in [0.25, 0.3) is 0 Å². The van der Waals surface area contributed by atoms with Crippen LogP contribution in [0.25, 0.3) is 0 Å². The van der Waals surface area contributed by atoms with Gasteiger partial charge in [-0.1, -0.05) is 6.58 Å². The lowest BCUT2D eigenvalue weighted by atomic mass is 10.2. The molecular formula is C7H16N6O4. The fraction of sp³-hybridized carbons (Fsp3) is 0.143. The number of carboxylic acids is 2. The Labute approximate surface area is 96.9 Å². The Morgan fingerprint density at radius 1 is 1.00 bits per heavy atom. The third-order valence-electron chi connectivity index (χ3n) is 0.667. The minimum atomic E-state index is -1.27. The van der Waals surface area contributed by atoms with Crippen LogP contribution in [0.1, 0.15) is 6.42 Å². The second kappa shape index (κ2) is 11.3. The van der Waals surface area contributed by atoms with Crippen molar-refractivity contribution < 1.29 is 19.8 Å². The summed E-state index contributed by atoms with van der Waals surface area (Å²) in [4.78, 5) is 19.7. The molecule has 98 valence electrons. The number of hydrogen-bond acceptors (Lipinski definition) is 4. The zero-order chi connectivity index (χ0) is 14.6. The van der Waals surface area contributed by atoms with Crippen molar-refractivity contribution in [1.29, 1.82) is 10.8 Å². The first-order chi connectivity index (χ1) is 7.50. The molecule has 0 amide bonds. The third kappa shape index (κ3) is 61.1. The van der Waals surface area contributed by atoms with Crippen LogP contribution in [0.3, 0.4) is 0 Å². The Kier molecular flexibility index (Phi) is 13.1. The quantitative estimate of drug-likeness (QED) is 0.154. The van der Waals surface area contributed by atoms with Gasteiger partial charge in [0.05, 0.1) is 6.42 Å². The van der Waals surface area contributed by atoms with Crippen LogP contribution in [-0.4, -0.2) is 34.1 Å². The zero-order valence-electron chi connectivity index (χ0n) is 8.93. The predicted molar refractivity (Wildman–Crippen MR) is 61.2 cm³/mol. The maximum absolute atomic E-state index is 9.87. The van der Waals surface area contributed by atoms with E-state index in [1.807, 2.05) is 0 Å². The molecule has 0 aromatic carbocycles. The van der Waals surface area contributed by atoms with Gasteiger partial charge in [0.15, 0.2) is 11.9 Å². The highest BCUT2D eigenvalue weighted by atomic mass is 16.4. The summed E-state index contributed by atoms with van der Waals surface area (Å²) in [6.07, 6.45) is -0.505. The van der Waals surface area contributed by atoms with Crippen molar-refractivity contribution in [3.8, 4) is 0 Å². The zero-order valence-corrected chi connectivity index (χ0v) is 8.93. The van der Waals surface area contributed by atoms with Crippen LogP contribution in [0.2, 0.25) is 0 Å². The summed E-state index contributed by atoms with van der Waals surface area (Å²) in [5, 5.41) is 28.2. The topological polar surface area (TPSA) is 226 Å². The van der Waals surface area contributed by atoms with E-state index < -0.39 is 18.4 Å². The van der Waals surface area contributed by atoms with Crippen LogP contribution in [0.5, 0.6) is 0 Å². The van der Waals surface area contributed by atoms with Gasteiger partial charge in [0, 0.05) is 5.57 Å². The molecule has 0 atom stereocenters. The fourth-order valence-corrected chi connectivity index (χ4v) is 0.258. The lowest BCUT2D eigenvalue weighted by Crippen LogP contribution is -2.20. The highest BCUT2D eigenvalue weighted by molar-refractivity contribution is 5.91. The van der Waals surface area contributed by atoms with E-state index in [9.17, 15) is 9.59 Å². The Balaban J connectivity index is -0.000000205. The first-order valence-corrected chi connectivity index (χ1v) is 3.82. The molecule has 0 bridgehead atoms. The number of hydrogen-bond donors (Lipinski definition) is 8. The molecule has 0 heterocycles. The average molecular weight is 248 g/mol. The second-order valence-corrected chi connectivity index (χ2v) is 2.39. The van der Waals surface area contributed by atoms with Crippen LogP contribution in [-0.2, 0) is 9.59 Å². The number of guanidine groups is 2. The van der Waals surface area contributed by atoms with Crippen molar-refractivity contribution in [2.75, 3.05) is 0 Å². The maximum atomic E-state index is 9.87. The number of aliphatic carboxylic acids is 2. The summed E-state index contributed by atoms with van der Waals surface area (Å²) in [6.45, 7) is 3.01. The molecule has 0 aromatic heterocycles. The lowest BCUT2D eigenvalue weighted by Gasteiger charge is -1.91. The molecule has 10 nitrogen and oxygen atoms in total. The van der Waals surface area contributed by atoms with E-state index in [1.165, 1.54) is 0 Å². The van der Waals surface area contributed by atoms with Gasteiger partial charge in [-0.2, -0.15) is 0 Å². The van der Waals surface area contributed by atoms with Gasteiger partial charge >= 0.3 is 11.9 Å². The van der Waals surface area contributed by atoms with Crippen LogP contribution < -0.4 is 22.9 Å². The molecule has 10 heteroatoms. The second-order valence-electron chi connectivity index (χ2n) is 2.39. The van der Waals surface area contributed by atoms with Gasteiger partial charge < -0.3 is 33.1 Å². The molecule has 0 aromatic rings. The molecule has 0 saturated heterocycles. The summed E-state index contributed by atoms with van der Waals surface area (Å²) < 4.78 is 0. The van der Waals surface area contributed by atoms with Crippen LogP contribution in [0.15, 0.2) is 12.2 Å². The van der Waals surface area contributed by atoms with Crippen molar-refractivity contribution in [2.45, 2.75) is 6.42 Å². The summed E-state index contributed by atoms with van der Waals surface area (Å²) in [6, 6.07) is 0. The van der Waals surface area contributed by atoms with Gasteiger partial charge in [-0.25, -0.2) is 4.79 Å². The van der Waals surface area contributed by atoms with Gasteiger partial charge in [-0.15, -0.1) is 0 Å². The first kappa shape index (κ1) is 19.7. The number of carboxylic acid groups (broad SMARTS) is 2. The SMILES string of the molecule is C=C(CC(=O)O)C(=O)O.N=C(N)N.N=C(N)N. The highest BCUT2D eigenvalue weighted by Gasteiger charge is 2.07. The van der Waals surface area contributed by atoms with Gasteiger partial charge in [-0.3, -0.25) is 15.6 Å². The van der Waals surface area contributed by atoms with Crippen molar-refractivity contribution in [2.24, 2.45) is 22.9 Å². The predicted octanol–water partition coefficient (Wildman–Crippen LogP) is -2.22. The molecule has 0 spiro atoms. The number of nitrogens with two attached hydrogens (primary N) is 4. The molecule has 0 radical (unpaired) electrons. The Morgan fingerprint density at radius 2 is 1.24 bits per heavy atom. The van der Waals surface area contributed by atoms with Crippen molar-refractivity contribution in [3.63, 3.8) is 0 Å². The van der Waals surface area contributed by atoms with Crippen molar-refractivity contribution in [3.05, 3.63) is 12.2 Å². The van der Waals surface area contributed by atoms with E-state index in [4.69, 9.17) is 21.0 Å². The van der Waals surface area contributed by atoms with Crippen molar-refractivity contribution >= 4 is 23.9 Å². The van der Waals surface area contributed by atoms with Gasteiger partial charge in [-0.05, 0) is 0 Å². The summed E-state index contributed by atoms with van der Waals surface area (Å²) in [5.74, 6) is -3.11. The molecule has 12 N–H and O–H groups in total. The van der Waals surface area contributed by atoms with Gasteiger partial charge in [0.2, 0.25) is 0 Å². The number of carbonyl (C=O) groups is 2. The Morgan fingerprint density at radius 3 is 1.29 bits per heavy atom. The molecule has 0 aliphatic carbocycles. The minimum Gasteiger partial charge on any atom is -0.481 e. The number of rotatable bonds is 3. The Hall–Kier alpha value is -2.78. The van der Waals surface area contributed by atoms with E-state index in [-0.39, 0.29) is 17.5 Å². The standard InChI is InChI=1S/C5H6O4.2CH5N3/c1-3(5(8)9)2-4(6)7;2*2-1(3)4/h1-2H2,(H,6,7)(H,8,9);2*(H5,2,3,4). The molecule has 17 heavy (non-hydrogen) atoms. The normalized spacial score (nSPS) is 7.29. The smallest absolute Gasteiger partial charge is 0.331 e. The van der Waals surface area contributed by atoms with Crippen molar-refractivity contribution in [1.82, 2.24) is 0 Å². The maximum Gasteiger partial charge on any atom is 0.331 e. The van der Waals surface area contributed by atoms with E-state index in [0.717, 1.165) is 0 Å². The van der Waals surface area contributed by atoms with Crippen LogP contribution >= 0.6 is 0 Å². The largest absolute Gasteiger partial charge is 0.481 e. The third-order valence-corrected chi connectivity index (χ3v) is 0.667. The van der Waals surface area contributed by atoms with Crippen LogP contribution in [0, 0.1) is 10.8 Å². The molecule has 0 unspecified atom stereocenters. The van der Waals surface area contributed by atoms with E-state index in [0.29, 0.717) is 0 Å². The minimum absolute atomic E-state index is 0.303. The lowest BCUT2D eigenvalue weighted by molar-refractivity contribution is -0.139. The fourth-order valence-electron chi connectivity index (χ4n) is 0.258. The van der Waals surface area contributed by atoms with E-state index >= 15 is 0 Å². The summed E-state index contributed by atoms with van der Waals surface area (Å²) in [7, 11) is 0. The molecule has 0 fully saturated rings. The highest BCUT2D eigenvalue weighted by Crippen LogP contribution is 1.95. The average Bonchev–Trinajstić information content (AvgIpc) is 1.99. The monoisotopic (exact) mass is 248 g/mol. The Bertz CT molecular complexity index is 293. The van der Waals surface area contributed by atoms with Gasteiger partial charge in [0.1, 0.15) is 0 Å². The van der Waals surface area contributed by atoms with E-state index in [2.05, 4.69) is 29.5 Å². The number of nitrogens with one attached hydrogen (secondary N) is 2. The molecular weight excluding hydrogens is 232 g/mol. The molecule has 0 aliphatic rings. The summed E-state index contributed by atoms with van der Waals surface area (Å²) in [5.41, 5.74) is 17.6. The van der Waals surface area contributed by atoms with E-state index in [1.54, 1.807) is 0 Å². The molecule has 0 saturated carbocycles. The summed E-state index contributed by atoms with van der Waals surface area (Å²) >= 11 is 0. The van der Waals surface area contributed by atoms with Crippen LogP contribution in [0.4, 0.5) is 0 Å².